The van der Waals surface area contributed by atoms with E-state index in [1.165, 1.54) is 141 Å². The highest BCUT2D eigenvalue weighted by Crippen LogP contribution is 2.50. The molecular formula is C46H83N3O4. The van der Waals surface area contributed by atoms with Crippen LogP contribution in [0.5, 0.6) is 0 Å². The van der Waals surface area contributed by atoms with E-state index in [-0.39, 0.29) is 11.9 Å². The lowest BCUT2D eigenvalue weighted by Gasteiger charge is -2.46. The average Bonchev–Trinajstić information content (AvgIpc) is 3.70. The van der Waals surface area contributed by atoms with Crippen molar-refractivity contribution in [1.82, 2.24) is 14.5 Å². The van der Waals surface area contributed by atoms with Crippen LogP contribution in [0.3, 0.4) is 0 Å². The van der Waals surface area contributed by atoms with E-state index >= 15 is 0 Å². The Hall–Kier alpha value is -1.89. The van der Waals surface area contributed by atoms with Crippen molar-refractivity contribution >= 4 is 11.9 Å². The molecule has 0 atom stereocenters. The molecule has 3 aliphatic carbocycles. The summed E-state index contributed by atoms with van der Waals surface area (Å²) in [6.45, 7) is 10.3. The Labute approximate surface area is 326 Å². The number of rotatable bonds is 35. The van der Waals surface area contributed by atoms with E-state index in [4.69, 9.17) is 9.47 Å². The second-order valence-electron chi connectivity index (χ2n) is 17.2. The van der Waals surface area contributed by atoms with Gasteiger partial charge < -0.3 is 18.9 Å². The van der Waals surface area contributed by atoms with Gasteiger partial charge in [0.05, 0.1) is 19.5 Å². The number of unbranched alkanes of at least 4 members (excludes halogenated alkanes) is 14. The SMILES string of the molecule is CCCCCCC(CCCCCC)CCOC(=O)CCCCCCCN(CCCCCCCC(=O)OCC12CCC(CC1)CC2)CCCn1ccnc1. The summed E-state index contributed by atoms with van der Waals surface area (Å²) in [5.74, 6) is 1.70. The number of carbonyl (C=O) groups is 2. The number of esters is 2. The van der Waals surface area contributed by atoms with Crippen LogP contribution in [0.15, 0.2) is 18.7 Å². The molecule has 3 fully saturated rings. The molecular weight excluding hydrogens is 659 g/mol. The third kappa shape index (κ3) is 21.7. The Morgan fingerprint density at radius 1 is 0.679 bits per heavy atom. The van der Waals surface area contributed by atoms with Crippen molar-refractivity contribution in [1.29, 1.82) is 0 Å². The average molecular weight is 742 g/mol. The number of nitrogens with zero attached hydrogens (tertiary/aromatic N) is 3. The minimum Gasteiger partial charge on any atom is -0.466 e. The van der Waals surface area contributed by atoms with E-state index in [9.17, 15) is 9.59 Å². The van der Waals surface area contributed by atoms with Gasteiger partial charge in [-0.25, -0.2) is 4.98 Å². The molecule has 0 saturated heterocycles. The smallest absolute Gasteiger partial charge is 0.305 e. The molecule has 3 saturated carbocycles. The largest absolute Gasteiger partial charge is 0.466 e. The Balaban J connectivity index is 1.20. The number of ether oxygens (including phenoxy) is 2. The van der Waals surface area contributed by atoms with Gasteiger partial charge >= 0.3 is 11.9 Å². The Bertz CT molecular complexity index is 996. The van der Waals surface area contributed by atoms with Gasteiger partial charge in [-0.1, -0.05) is 117 Å². The first-order valence-electron chi connectivity index (χ1n) is 23.0. The van der Waals surface area contributed by atoms with Crippen molar-refractivity contribution in [2.75, 3.05) is 32.8 Å². The molecule has 0 amide bonds. The summed E-state index contributed by atoms with van der Waals surface area (Å²) in [6.07, 6.45) is 41.6. The maximum atomic E-state index is 12.4. The van der Waals surface area contributed by atoms with Crippen molar-refractivity contribution in [2.24, 2.45) is 17.3 Å². The van der Waals surface area contributed by atoms with E-state index in [1.807, 2.05) is 12.5 Å². The summed E-state index contributed by atoms with van der Waals surface area (Å²) < 4.78 is 13.7. The van der Waals surface area contributed by atoms with Crippen LogP contribution >= 0.6 is 0 Å². The Morgan fingerprint density at radius 3 is 1.77 bits per heavy atom. The molecule has 0 aliphatic heterocycles. The molecule has 53 heavy (non-hydrogen) atoms. The van der Waals surface area contributed by atoms with Gasteiger partial charge in [-0.05, 0) is 109 Å². The molecule has 0 spiro atoms. The molecule has 4 rings (SSSR count). The number of fused-ring (bicyclic) bond motifs is 3. The zero-order valence-electron chi connectivity index (χ0n) is 34.8. The lowest BCUT2D eigenvalue weighted by Crippen LogP contribution is -2.38. The van der Waals surface area contributed by atoms with Gasteiger partial charge in [-0.15, -0.1) is 0 Å². The zero-order valence-corrected chi connectivity index (χ0v) is 34.8. The van der Waals surface area contributed by atoms with Gasteiger partial charge in [0, 0.05) is 37.2 Å². The summed E-state index contributed by atoms with van der Waals surface area (Å²) in [4.78, 5) is 31.7. The van der Waals surface area contributed by atoms with Crippen LogP contribution in [-0.4, -0.2) is 59.2 Å². The number of aromatic nitrogens is 2. The van der Waals surface area contributed by atoms with Gasteiger partial charge in [0.15, 0.2) is 0 Å². The highest BCUT2D eigenvalue weighted by Gasteiger charge is 2.41. The molecule has 2 bridgehead atoms. The minimum absolute atomic E-state index is 0.00530. The first-order valence-corrected chi connectivity index (χ1v) is 23.0. The van der Waals surface area contributed by atoms with Crippen LogP contribution in [0.4, 0.5) is 0 Å². The molecule has 0 radical (unpaired) electrons. The molecule has 306 valence electrons. The first-order chi connectivity index (χ1) is 26.0. The fraction of sp³-hybridized carbons (Fsp3) is 0.891. The normalized spacial score (nSPS) is 18.3. The van der Waals surface area contributed by atoms with Gasteiger partial charge in [-0.2, -0.15) is 0 Å². The molecule has 0 unspecified atom stereocenters. The quantitative estimate of drug-likeness (QED) is 0.0509. The van der Waals surface area contributed by atoms with Gasteiger partial charge in [-0.3, -0.25) is 9.59 Å². The minimum atomic E-state index is 0.00530. The molecule has 1 heterocycles. The molecule has 7 nitrogen and oxygen atoms in total. The number of hydrogen-bond acceptors (Lipinski definition) is 6. The van der Waals surface area contributed by atoms with E-state index in [1.54, 1.807) is 0 Å². The maximum Gasteiger partial charge on any atom is 0.305 e. The number of aryl methyl sites for hydroxylation is 1. The number of carbonyl (C=O) groups excluding carboxylic acids is 2. The highest BCUT2D eigenvalue weighted by atomic mass is 16.5. The third-order valence-electron chi connectivity index (χ3n) is 12.7. The maximum absolute atomic E-state index is 12.4. The molecule has 0 aromatic carbocycles. The van der Waals surface area contributed by atoms with E-state index < -0.39 is 0 Å². The van der Waals surface area contributed by atoms with Crippen LogP contribution in [-0.2, 0) is 25.6 Å². The lowest BCUT2D eigenvalue weighted by molar-refractivity contribution is -0.150. The second-order valence-corrected chi connectivity index (χ2v) is 17.2. The van der Waals surface area contributed by atoms with Crippen molar-refractivity contribution in [3.63, 3.8) is 0 Å². The molecule has 1 aromatic rings. The summed E-state index contributed by atoms with van der Waals surface area (Å²) in [5.41, 5.74) is 0.314. The van der Waals surface area contributed by atoms with E-state index in [0.717, 1.165) is 76.5 Å². The fourth-order valence-electron chi connectivity index (χ4n) is 8.93. The summed E-state index contributed by atoms with van der Waals surface area (Å²) in [5, 5.41) is 0. The van der Waals surface area contributed by atoms with Crippen LogP contribution in [0.1, 0.15) is 206 Å². The van der Waals surface area contributed by atoms with Crippen molar-refractivity contribution in [3.8, 4) is 0 Å². The fourth-order valence-corrected chi connectivity index (χ4v) is 8.93. The molecule has 0 N–H and O–H groups in total. The van der Waals surface area contributed by atoms with Gasteiger partial charge in [0.2, 0.25) is 0 Å². The van der Waals surface area contributed by atoms with Crippen LogP contribution in [0.25, 0.3) is 0 Å². The second kappa shape index (κ2) is 29.4. The van der Waals surface area contributed by atoms with E-state index in [2.05, 4.69) is 34.5 Å². The molecule has 7 heteroatoms. The molecule has 1 aromatic heterocycles. The predicted molar refractivity (Wildman–Crippen MR) is 220 cm³/mol. The van der Waals surface area contributed by atoms with Crippen LogP contribution in [0, 0.1) is 17.3 Å². The van der Waals surface area contributed by atoms with Crippen LogP contribution < -0.4 is 0 Å². The highest BCUT2D eigenvalue weighted by molar-refractivity contribution is 5.69. The van der Waals surface area contributed by atoms with Crippen molar-refractivity contribution in [3.05, 3.63) is 18.7 Å². The standard InChI is InChI=1S/C46H83N3O4/c1-3-5-7-15-22-42(23-16-8-6-4-2)29-39-52-44(50)24-17-11-9-13-19-34-48(36-21-37-49-38-33-47-41-49)35-20-14-10-12-18-25-45(51)53-40-46-30-26-43(27-31-46)28-32-46/h33,38,41-43H,3-32,34-37,39-40H2,1-2H3. The van der Waals surface area contributed by atoms with E-state index in [0.29, 0.717) is 31.5 Å². The summed E-state index contributed by atoms with van der Waals surface area (Å²) >= 11 is 0. The topological polar surface area (TPSA) is 73.7 Å². The monoisotopic (exact) mass is 742 g/mol. The Morgan fingerprint density at radius 2 is 1.21 bits per heavy atom. The van der Waals surface area contributed by atoms with Gasteiger partial charge in [0.25, 0.3) is 0 Å². The Kier molecular flexibility index (Phi) is 25.2. The molecule has 3 aliphatic rings. The van der Waals surface area contributed by atoms with Crippen molar-refractivity contribution < 1.29 is 19.1 Å². The zero-order chi connectivity index (χ0) is 37.7. The van der Waals surface area contributed by atoms with Gasteiger partial charge in [0.1, 0.15) is 0 Å². The number of imidazole rings is 1. The summed E-state index contributed by atoms with van der Waals surface area (Å²) in [6, 6.07) is 0. The third-order valence-corrected chi connectivity index (χ3v) is 12.7. The predicted octanol–water partition coefficient (Wildman–Crippen LogP) is 12.3. The van der Waals surface area contributed by atoms with Crippen LogP contribution in [0.2, 0.25) is 0 Å². The lowest BCUT2D eigenvalue weighted by atomic mass is 9.61. The van der Waals surface area contributed by atoms with Crippen molar-refractivity contribution in [2.45, 2.75) is 213 Å². The summed E-state index contributed by atoms with van der Waals surface area (Å²) in [7, 11) is 0. The number of hydrogen-bond donors (Lipinski definition) is 0. The first kappa shape index (κ1) is 45.5.